The normalized spacial score (nSPS) is 18.0. The fraction of sp³-hybridized carbons (Fsp3) is 0.115. The van der Waals surface area contributed by atoms with Crippen molar-refractivity contribution in [2.24, 2.45) is 0 Å². The summed E-state index contributed by atoms with van der Waals surface area (Å²) in [5.41, 5.74) is 2.63. The number of hydrogen-bond acceptors (Lipinski definition) is 4. The molecule has 1 aliphatic heterocycles. The number of hydrogen-bond donors (Lipinski definition) is 0. The van der Waals surface area contributed by atoms with Crippen LogP contribution in [0.3, 0.4) is 0 Å². The second kappa shape index (κ2) is 8.85. The van der Waals surface area contributed by atoms with E-state index in [1.54, 1.807) is 24.1 Å². The Hall–Kier alpha value is -3.41. The Morgan fingerprint density at radius 3 is 2.39 bits per heavy atom. The number of rotatable bonds is 5. The molecule has 4 aromatic rings. The molecule has 5 rings (SSSR count). The number of β-lactam (4-membered cyclic amide) rings is 1. The van der Waals surface area contributed by atoms with E-state index in [1.165, 1.54) is 0 Å². The number of aromatic nitrogens is 2. The second-order valence-corrected chi connectivity index (χ2v) is 8.54. The Bertz CT molecular complexity index is 1350. The Morgan fingerprint density at radius 1 is 0.939 bits per heavy atom. The van der Waals surface area contributed by atoms with E-state index in [0.717, 1.165) is 27.8 Å². The van der Waals surface area contributed by atoms with Gasteiger partial charge in [-0.25, -0.2) is 9.97 Å². The van der Waals surface area contributed by atoms with Gasteiger partial charge in [0.2, 0.25) is 5.91 Å². The molecule has 2 unspecified atom stereocenters. The molecule has 0 bridgehead atoms. The number of fused-ring (bicyclic) bond motifs is 1. The van der Waals surface area contributed by atoms with Gasteiger partial charge in [0, 0.05) is 10.4 Å². The number of ether oxygens (including phenoxy) is 1. The molecule has 1 amide bonds. The van der Waals surface area contributed by atoms with Gasteiger partial charge in [0.25, 0.3) is 0 Å². The van der Waals surface area contributed by atoms with Gasteiger partial charge in [0.05, 0.1) is 18.7 Å². The van der Waals surface area contributed by atoms with Crippen LogP contribution in [0.4, 0.5) is 5.82 Å². The minimum Gasteiger partial charge on any atom is -0.497 e. The van der Waals surface area contributed by atoms with E-state index in [4.69, 9.17) is 32.9 Å². The maximum Gasteiger partial charge on any atom is 0.249 e. The highest BCUT2D eigenvalue weighted by molar-refractivity contribution is 6.37. The van der Waals surface area contributed by atoms with Gasteiger partial charge in [-0.15, -0.1) is 11.6 Å². The van der Waals surface area contributed by atoms with Crippen molar-refractivity contribution >= 4 is 58.0 Å². The number of carbonyl (C=O) groups excluding carboxylic acids is 1. The predicted molar refractivity (Wildman–Crippen MR) is 133 cm³/mol. The number of halogens is 2. The summed E-state index contributed by atoms with van der Waals surface area (Å²) in [6.07, 6.45) is 3.75. The number of amides is 1. The lowest BCUT2D eigenvalue weighted by Gasteiger charge is -2.44. The van der Waals surface area contributed by atoms with Crippen LogP contribution in [0.5, 0.6) is 5.75 Å². The highest BCUT2D eigenvalue weighted by Gasteiger charge is 2.49. The number of benzene rings is 3. The Balaban J connectivity index is 1.56. The van der Waals surface area contributed by atoms with Crippen LogP contribution in [0.1, 0.15) is 23.0 Å². The second-order valence-electron chi connectivity index (χ2n) is 7.64. The molecule has 1 fully saturated rings. The van der Waals surface area contributed by atoms with Gasteiger partial charge in [-0.2, -0.15) is 0 Å². The van der Waals surface area contributed by atoms with Gasteiger partial charge in [0.1, 0.15) is 16.9 Å². The summed E-state index contributed by atoms with van der Waals surface area (Å²) < 4.78 is 5.21. The highest BCUT2D eigenvalue weighted by Crippen LogP contribution is 2.43. The summed E-state index contributed by atoms with van der Waals surface area (Å²) in [6, 6.07) is 22.3. The molecule has 0 radical (unpaired) electrons. The molecule has 7 heteroatoms. The topological polar surface area (TPSA) is 55.3 Å². The fourth-order valence-corrected chi connectivity index (χ4v) is 4.38. The third-order valence-electron chi connectivity index (χ3n) is 5.61. The molecule has 1 aromatic heterocycles. The molecular formula is C26H19Cl2N3O2. The van der Waals surface area contributed by atoms with Crippen molar-refractivity contribution in [1.29, 1.82) is 0 Å². The van der Waals surface area contributed by atoms with Crippen LogP contribution >= 0.6 is 23.2 Å². The maximum atomic E-state index is 12.9. The van der Waals surface area contributed by atoms with E-state index in [2.05, 4.69) is 4.98 Å². The molecule has 5 nitrogen and oxygen atoms in total. The number of alkyl halides is 1. The molecule has 1 aliphatic rings. The van der Waals surface area contributed by atoms with Crippen LogP contribution in [0.15, 0.2) is 72.8 Å². The molecule has 33 heavy (non-hydrogen) atoms. The molecule has 0 N–H and O–H groups in total. The molecule has 164 valence electrons. The van der Waals surface area contributed by atoms with E-state index in [-0.39, 0.29) is 11.9 Å². The van der Waals surface area contributed by atoms with Gasteiger partial charge in [-0.05, 0) is 53.6 Å². The predicted octanol–water partition coefficient (Wildman–Crippen LogP) is 6.16. The zero-order valence-electron chi connectivity index (χ0n) is 17.7. The molecule has 0 aliphatic carbocycles. The van der Waals surface area contributed by atoms with Crippen LogP contribution in [-0.4, -0.2) is 28.4 Å². The number of carbonyl (C=O) groups is 1. The van der Waals surface area contributed by atoms with Crippen molar-refractivity contribution in [1.82, 2.24) is 9.97 Å². The number of nitrogens with zero attached hydrogens (tertiary/aromatic N) is 3. The lowest BCUT2D eigenvalue weighted by atomic mass is 9.92. The summed E-state index contributed by atoms with van der Waals surface area (Å²) in [4.78, 5) is 23.9. The molecule has 2 atom stereocenters. The lowest BCUT2D eigenvalue weighted by molar-refractivity contribution is -0.123. The van der Waals surface area contributed by atoms with Crippen molar-refractivity contribution in [2.75, 3.05) is 12.0 Å². The van der Waals surface area contributed by atoms with E-state index in [9.17, 15) is 4.79 Å². The first kappa shape index (κ1) is 21.4. The van der Waals surface area contributed by atoms with Gasteiger partial charge in [0.15, 0.2) is 5.82 Å². The van der Waals surface area contributed by atoms with Crippen LogP contribution in [0, 0.1) is 0 Å². The monoisotopic (exact) mass is 475 g/mol. The van der Waals surface area contributed by atoms with Crippen LogP contribution in [-0.2, 0) is 4.79 Å². The zero-order chi connectivity index (χ0) is 22.9. The number of para-hydroxylation sites is 1. The lowest BCUT2D eigenvalue weighted by Crippen LogP contribution is -2.57. The van der Waals surface area contributed by atoms with Crippen molar-refractivity contribution in [3.63, 3.8) is 0 Å². The van der Waals surface area contributed by atoms with Crippen LogP contribution in [0.25, 0.3) is 23.1 Å². The van der Waals surface area contributed by atoms with E-state index >= 15 is 0 Å². The van der Waals surface area contributed by atoms with Crippen LogP contribution < -0.4 is 9.64 Å². The molecule has 3 aromatic carbocycles. The standard InChI is InChI=1S/C26H19Cl2N3O2/c1-33-19-13-6-16(7-14-19)8-15-22-29-21-5-3-2-4-20(21)25(30-22)31-24(23(28)26(31)32)17-9-11-18(27)12-10-17/h2-15,23-24H,1H3/b15-8+. The average Bonchev–Trinajstić information content (AvgIpc) is 2.86. The zero-order valence-corrected chi connectivity index (χ0v) is 19.2. The first-order valence-corrected chi connectivity index (χ1v) is 11.2. The quantitative estimate of drug-likeness (QED) is 0.256. The van der Waals surface area contributed by atoms with Crippen molar-refractivity contribution < 1.29 is 9.53 Å². The third kappa shape index (κ3) is 4.06. The Morgan fingerprint density at radius 2 is 1.67 bits per heavy atom. The molecular weight excluding hydrogens is 457 g/mol. The summed E-state index contributed by atoms with van der Waals surface area (Å²) in [5.74, 6) is 1.64. The maximum absolute atomic E-state index is 12.9. The Kier molecular flexibility index (Phi) is 5.75. The van der Waals surface area contributed by atoms with E-state index < -0.39 is 5.38 Å². The van der Waals surface area contributed by atoms with E-state index in [1.807, 2.05) is 72.8 Å². The summed E-state index contributed by atoms with van der Waals surface area (Å²) >= 11 is 12.5. The first-order valence-electron chi connectivity index (χ1n) is 10.4. The highest BCUT2D eigenvalue weighted by atomic mass is 35.5. The number of methoxy groups -OCH3 is 1. The number of anilines is 1. The third-order valence-corrected chi connectivity index (χ3v) is 6.29. The van der Waals surface area contributed by atoms with Crippen molar-refractivity contribution in [3.8, 4) is 5.75 Å². The fourth-order valence-electron chi connectivity index (χ4n) is 3.89. The molecule has 2 heterocycles. The summed E-state index contributed by atoms with van der Waals surface area (Å²) in [5, 5.41) is 0.744. The summed E-state index contributed by atoms with van der Waals surface area (Å²) in [7, 11) is 1.63. The Labute approximate surface area is 201 Å². The SMILES string of the molecule is COc1ccc(/C=C/c2nc(N3C(=O)C(Cl)C3c3ccc(Cl)cc3)c3ccccc3n2)cc1. The van der Waals surface area contributed by atoms with Gasteiger partial charge in [-0.3, -0.25) is 9.69 Å². The van der Waals surface area contributed by atoms with Gasteiger partial charge >= 0.3 is 0 Å². The van der Waals surface area contributed by atoms with Crippen molar-refractivity contribution in [2.45, 2.75) is 11.4 Å². The minimum absolute atomic E-state index is 0.189. The largest absolute Gasteiger partial charge is 0.497 e. The van der Waals surface area contributed by atoms with Crippen LogP contribution in [0.2, 0.25) is 5.02 Å². The summed E-state index contributed by atoms with van der Waals surface area (Å²) in [6.45, 7) is 0. The first-order chi connectivity index (χ1) is 16.0. The average molecular weight is 476 g/mol. The molecule has 1 saturated heterocycles. The van der Waals surface area contributed by atoms with Gasteiger partial charge in [-0.1, -0.05) is 54.1 Å². The smallest absolute Gasteiger partial charge is 0.249 e. The van der Waals surface area contributed by atoms with Gasteiger partial charge < -0.3 is 4.74 Å². The molecule has 0 spiro atoms. The minimum atomic E-state index is -0.668. The molecule has 0 saturated carbocycles. The van der Waals surface area contributed by atoms with E-state index in [0.29, 0.717) is 16.7 Å². The van der Waals surface area contributed by atoms with Crippen molar-refractivity contribution in [3.05, 3.63) is 94.8 Å².